The van der Waals surface area contributed by atoms with Crippen LogP contribution in [0.3, 0.4) is 0 Å². The van der Waals surface area contributed by atoms with Crippen LogP contribution in [0.5, 0.6) is 0 Å². The lowest BCUT2D eigenvalue weighted by Gasteiger charge is -2.34. The first-order valence-electron chi connectivity index (χ1n) is 10.2. The summed E-state index contributed by atoms with van der Waals surface area (Å²) in [6, 6.07) is 5.00. The van der Waals surface area contributed by atoms with Gasteiger partial charge in [-0.3, -0.25) is 0 Å². The highest BCUT2D eigenvalue weighted by Crippen LogP contribution is 2.17. The lowest BCUT2D eigenvalue weighted by molar-refractivity contribution is 0.139. The number of piperazine rings is 1. The third-order valence-corrected chi connectivity index (χ3v) is 5.60. The van der Waals surface area contributed by atoms with Gasteiger partial charge in [-0.25, -0.2) is 9.38 Å². The zero-order valence-corrected chi connectivity index (χ0v) is 18.6. The highest BCUT2D eigenvalue weighted by molar-refractivity contribution is 7.97. The van der Waals surface area contributed by atoms with Crippen LogP contribution in [0, 0.1) is 11.7 Å². The Bertz CT molecular complexity index is 617. The van der Waals surface area contributed by atoms with Crippen molar-refractivity contribution in [2.45, 2.75) is 26.1 Å². The first-order chi connectivity index (χ1) is 13.5. The number of thioether (sulfide) groups is 1. The Morgan fingerprint density at radius 2 is 1.96 bits per heavy atom. The molecule has 1 aliphatic rings. The van der Waals surface area contributed by atoms with Gasteiger partial charge in [0.25, 0.3) is 0 Å². The van der Waals surface area contributed by atoms with Crippen LogP contribution in [0.25, 0.3) is 0 Å². The molecule has 0 saturated carbocycles. The fourth-order valence-corrected chi connectivity index (χ4v) is 3.93. The lowest BCUT2D eigenvalue weighted by Crippen LogP contribution is -2.47. The smallest absolute Gasteiger partial charge is 0.191 e. The third-order valence-electron chi connectivity index (χ3n) is 5.00. The van der Waals surface area contributed by atoms with Crippen LogP contribution < -0.4 is 10.6 Å². The molecule has 1 unspecified atom stereocenters. The van der Waals surface area contributed by atoms with E-state index < -0.39 is 0 Å². The average Bonchev–Trinajstić information content (AvgIpc) is 2.67. The fourth-order valence-electron chi connectivity index (χ4n) is 3.35. The van der Waals surface area contributed by atoms with Crippen LogP contribution in [0.1, 0.15) is 25.0 Å². The number of aliphatic imine (C=N–C) groups is 1. The maximum Gasteiger partial charge on any atom is 0.191 e. The molecule has 1 aromatic rings. The normalized spacial score (nSPS) is 17.5. The quantitative estimate of drug-likeness (QED) is 0.485. The second-order valence-corrected chi connectivity index (χ2v) is 8.50. The molecular weight excluding hydrogens is 373 g/mol. The van der Waals surface area contributed by atoms with Crippen molar-refractivity contribution in [3.05, 3.63) is 35.1 Å². The van der Waals surface area contributed by atoms with E-state index in [0.717, 1.165) is 68.7 Å². The number of guanidine groups is 1. The lowest BCUT2D eigenvalue weighted by atomic mass is 10.1. The molecule has 1 heterocycles. The monoisotopic (exact) mass is 409 g/mol. The summed E-state index contributed by atoms with van der Waals surface area (Å²) < 4.78 is 13.5. The van der Waals surface area contributed by atoms with Crippen molar-refractivity contribution in [2.24, 2.45) is 10.9 Å². The Kier molecular flexibility index (Phi) is 10.1. The number of benzene rings is 1. The summed E-state index contributed by atoms with van der Waals surface area (Å²) >= 11 is 1.70. The molecule has 1 atom stereocenters. The van der Waals surface area contributed by atoms with Gasteiger partial charge < -0.3 is 20.4 Å². The first kappa shape index (κ1) is 23.0. The standard InChI is InChI=1S/C21H36FN5S/c1-5-23-21(24-13-17(2)15-27-10-8-26(3)9-11-27)25-14-18-6-7-20(22)12-19(18)16-28-4/h6-7,12,17H,5,8-11,13-16H2,1-4H3,(H2,23,24,25). The molecule has 0 bridgehead atoms. The maximum atomic E-state index is 13.5. The molecule has 0 spiro atoms. The number of nitrogens with zero attached hydrogens (tertiary/aromatic N) is 3. The molecule has 1 saturated heterocycles. The average molecular weight is 410 g/mol. The van der Waals surface area contributed by atoms with Gasteiger partial charge in [0.2, 0.25) is 0 Å². The van der Waals surface area contributed by atoms with Crippen LogP contribution in [0.4, 0.5) is 4.39 Å². The molecule has 2 rings (SSSR count). The van der Waals surface area contributed by atoms with Crippen molar-refractivity contribution in [3.63, 3.8) is 0 Å². The third kappa shape index (κ3) is 7.97. The molecule has 28 heavy (non-hydrogen) atoms. The van der Waals surface area contributed by atoms with E-state index in [1.807, 2.05) is 12.3 Å². The molecule has 0 amide bonds. The van der Waals surface area contributed by atoms with Gasteiger partial charge in [-0.1, -0.05) is 13.0 Å². The van der Waals surface area contributed by atoms with E-state index >= 15 is 0 Å². The van der Waals surface area contributed by atoms with Crippen molar-refractivity contribution in [1.82, 2.24) is 20.4 Å². The van der Waals surface area contributed by atoms with Gasteiger partial charge in [0.1, 0.15) is 5.82 Å². The minimum absolute atomic E-state index is 0.181. The summed E-state index contributed by atoms with van der Waals surface area (Å²) in [6.45, 7) is 12.3. The molecule has 0 aromatic heterocycles. The number of halogens is 1. The van der Waals surface area contributed by atoms with E-state index in [1.165, 1.54) is 6.07 Å². The molecule has 1 aromatic carbocycles. The van der Waals surface area contributed by atoms with Crippen molar-refractivity contribution < 1.29 is 4.39 Å². The number of nitrogens with one attached hydrogen (secondary N) is 2. The Balaban J connectivity index is 1.88. The molecular formula is C21H36FN5S. The second-order valence-electron chi connectivity index (χ2n) is 7.63. The predicted molar refractivity (Wildman–Crippen MR) is 120 cm³/mol. The summed E-state index contributed by atoms with van der Waals surface area (Å²) in [7, 11) is 2.19. The van der Waals surface area contributed by atoms with Crippen LogP contribution >= 0.6 is 11.8 Å². The molecule has 158 valence electrons. The van der Waals surface area contributed by atoms with E-state index in [0.29, 0.717) is 12.5 Å². The van der Waals surface area contributed by atoms with Gasteiger partial charge in [-0.15, -0.1) is 0 Å². The van der Waals surface area contributed by atoms with E-state index in [4.69, 9.17) is 4.99 Å². The number of hydrogen-bond donors (Lipinski definition) is 2. The maximum absolute atomic E-state index is 13.5. The largest absolute Gasteiger partial charge is 0.357 e. The Hall–Kier alpha value is -1.31. The molecule has 1 fully saturated rings. The van der Waals surface area contributed by atoms with E-state index in [-0.39, 0.29) is 5.82 Å². The first-order valence-corrected chi connectivity index (χ1v) is 11.6. The van der Waals surface area contributed by atoms with Gasteiger partial charge in [0.15, 0.2) is 5.96 Å². The van der Waals surface area contributed by atoms with Crippen molar-refractivity contribution in [3.8, 4) is 0 Å². The van der Waals surface area contributed by atoms with Gasteiger partial charge >= 0.3 is 0 Å². The topological polar surface area (TPSA) is 42.9 Å². The Labute approximate surface area is 174 Å². The van der Waals surface area contributed by atoms with Crippen LogP contribution in [0.2, 0.25) is 0 Å². The van der Waals surface area contributed by atoms with Gasteiger partial charge in [-0.05, 0) is 49.4 Å². The van der Waals surface area contributed by atoms with Crippen molar-refractivity contribution in [2.75, 3.05) is 59.1 Å². The number of rotatable bonds is 9. The summed E-state index contributed by atoms with van der Waals surface area (Å²) in [5, 5.41) is 6.79. The molecule has 5 nitrogen and oxygen atoms in total. The summed E-state index contributed by atoms with van der Waals surface area (Å²) in [5.41, 5.74) is 2.11. The van der Waals surface area contributed by atoms with Crippen LogP contribution in [-0.4, -0.2) is 74.9 Å². The zero-order valence-electron chi connectivity index (χ0n) is 17.8. The van der Waals surface area contributed by atoms with Gasteiger partial charge in [0.05, 0.1) is 6.54 Å². The zero-order chi connectivity index (χ0) is 20.4. The molecule has 1 aliphatic heterocycles. The summed E-state index contributed by atoms with van der Waals surface area (Å²) in [6.07, 6.45) is 2.03. The molecule has 7 heteroatoms. The molecule has 0 aliphatic carbocycles. The van der Waals surface area contributed by atoms with E-state index in [2.05, 4.69) is 41.3 Å². The predicted octanol–water partition coefficient (Wildman–Crippen LogP) is 2.63. The Morgan fingerprint density at radius 3 is 2.64 bits per heavy atom. The Morgan fingerprint density at radius 1 is 1.21 bits per heavy atom. The van der Waals surface area contributed by atoms with E-state index in [9.17, 15) is 4.39 Å². The minimum Gasteiger partial charge on any atom is -0.357 e. The van der Waals surface area contributed by atoms with Crippen molar-refractivity contribution in [1.29, 1.82) is 0 Å². The fraction of sp³-hybridized carbons (Fsp3) is 0.667. The second kappa shape index (κ2) is 12.3. The van der Waals surface area contributed by atoms with Gasteiger partial charge in [-0.2, -0.15) is 11.8 Å². The number of hydrogen-bond acceptors (Lipinski definition) is 4. The SMILES string of the molecule is CCNC(=NCc1ccc(F)cc1CSC)NCC(C)CN1CCN(C)CC1. The minimum atomic E-state index is -0.181. The number of likely N-dealkylation sites (N-methyl/N-ethyl adjacent to an activating group) is 1. The molecule has 0 radical (unpaired) electrons. The van der Waals surface area contributed by atoms with E-state index in [1.54, 1.807) is 17.8 Å². The molecule has 2 N–H and O–H groups in total. The summed E-state index contributed by atoms with van der Waals surface area (Å²) in [5.74, 6) is 1.99. The van der Waals surface area contributed by atoms with Crippen molar-refractivity contribution >= 4 is 17.7 Å². The van der Waals surface area contributed by atoms with Crippen LogP contribution in [-0.2, 0) is 12.3 Å². The van der Waals surface area contributed by atoms with Gasteiger partial charge in [0, 0.05) is 51.6 Å². The summed E-state index contributed by atoms with van der Waals surface area (Å²) in [4.78, 5) is 9.66. The van der Waals surface area contributed by atoms with Crippen LogP contribution in [0.15, 0.2) is 23.2 Å². The highest BCUT2D eigenvalue weighted by Gasteiger charge is 2.16. The highest BCUT2D eigenvalue weighted by atomic mass is 32.2.